The van der Waals surface area contributed by atoms with E-state index in [9.17, 15) is 4.91 Å². The van der Waals surface area contributed by atoms with Gasteiger partial charge in [-0.05, 0) is 27.2 Å². The fourth-order valence-corrected chi connectivity index (χ4v) is 0.873. The Labute approximate surface area is 65.6 Å². The van der Waals surface area contributed by atoms with Crippen molar-refractivity contribution in [1.29, 1.82) is 0 Å². The standard InChI is InChI=1S/C5H4BrN3O/c6-3-1-4(7)5(9-10)8-2-3/h1-2H,7H2. The van der Waals surface area contributed by atoms with Crippen LogP contribution in [-0.4, -0.2) is 4.98 Å². The Hall–Kier alpha value is -0.970. The van der Waals surface area contributed by atoms with Crippen molar-refractivity contribution in [2.24, 2.45) is 5.18 Å². The number of anilines is 1. The summed E-state index contributed by atoms with van der Waals surface area (Å²) >= 11 is 3.14. The highest BCUT2D eigenvalue weighted by Crippen LogP contribution is 2.21. The van der Waals surface area contributed by atoms with E-state index in [1.807, 2.05) is 0 Å². The minimum absolute atomic E-state index is 0.0307. The van der Waals surface area contributed by atoms with E-state index in [0.717, 1.165) is 4.47 Å². The van der Waals surface area contributed by atoms with Crippen LogP contribution in [0.5, 0.6) is 0 Å². The van der Waals surface area contributed by atoms with Crippen LogP contribution in [0.3, 0.4) is 0 Å². The number of nitrogens with two attached hydrogens (primary N) is 1. The lowest BCUT2D eigenvalue weighted by molar-refractivity contribution is 1.26. The molecule has 1 heterocycles. The Kier molecular flexibility index (Phi) is 1.96. The number of hydrogen-bond acceptors (Lipinski definition) is 4. The highest BCUT2D eigenvalue weighted by atomic mass is 79.9. The van der Waals surface area contributed by atoms with E-state index in [1.165, 1.54) is 6.20 Å². The van der Waals surface area contributed by atoms with Crippen LogP contribution < -0.4 is 5.73 Å². The average Bonchev–Trinajstić information content (AvgIpc) is 1.88. The van der Waals surface area contributed by atoms with Gasteiger partial charge in [-0.2, -0.15) is 0 Å². The van der Waals surface area contributed by atoms with E-state index in [2.05, 4.69) is 26.1 Å². The molecule has 0 aliphatic heterocycles. The van der Waals surface area contributed by atoms with Crippen LogP contribution in [0.25, 0.3) is 0 Å². The van der Waals surface area contributed by atoms with E-state index < -0.39 is 0 Å². The van der Waals surface area contributed by atoms with E-state index in [1.54, 1.807) is 6.07 Å². The highest BCUT2D eigenvalue weighted by molar-refractivity contribution is 9.10. The van der Waals surface area contributed by atoms with Crippen LogP contribution in [0.15, 0.2) is 21.9 Å². The molecule has 0 bridgehead atoms. The van der Waals surface area contributed by atoms with Gasteiger partial charge in [0, 0.05) is 10.7 Å². The van der Waals surface area contributed by atoms with Crippen LogP contribution in [0, 0.1) is 4.91 Å². The topological polar surface area (TPSA) is 68.3 Å². The molecule has 10 heavy (non-hydrogen) atoms. The van der Waals surface area contributed by atoms with E-state index in [4.69, 9.17) is 5.73 Å². The third-order valence-corrected chi connectivity index (χ3v) is 1.38. The van der Waals surface area contributed by atoms with Crippen molar-refractivity contribution in [2.75, 3.05) is 5.73 Å². The van der Waals surface area contributed by atoms with Crippen molar-refractivity contribution in [1.82, 2.24) is 4.98 Å². The first kappa shape index (κ1) is 7.14. The summed E-state index contributed by atoms with van der Waals surface area (Å²) in [4.78, 5) is 13.6. The summed E-state index contributed by atoms with van der Waals surface area (Å²) in [6, 6.07) is 1.57. The largest absolute Gasteiger partial charge is 0.396 e. The molecule has 0 fully saturated rings. The molecule has 52 valence electrons. The normalized spacial score (nSPS) is 9.30. The first-order valence-corrected chi connectivity index (χ1v) is 3.27. The SMILES string of the molecule is Nc1cc(Br)cnc1N=O. The predicted octanol–water partition coefficient (Wildman–Crippen LogP) is 1.82. The van der Waals surface area contributed by atoms with E-state index >= 15 is 0 Å². The number of nitrogen functional groups attached to an aromatic ring is 1. The number of nitroso groups, excluding NO2 is 1. The lowest BCUT2D eigenvalue weighted by Gasteiger charge is -1.94. The lowest BCUT2D eigenvalue weighted by atomic mass is 10.4. The maximum atomic E-state index is 9.93. The van der Waals surface area contributed by atoms with Crippen molar-refractivity contribution in [3.8, 4) is 0 Å². The zero-order valence-corrected chi connectivity index (χ0v) is 6.50. The quantitative estimate of drug-likeness (QED) is 0.706. The molecule has 0 aliphatic carbocycles. The maximum Gasteiger partial charge on any atom is 0.219 e. The van der Waals surface area contributed by atoms with Gasteiger partial charge in [0.15, 0.2) is 0 Å². The fraction of sp³-hybridized carbons (Fsp3) is 0. The summed E-state index contributed by atoms with van der Waals surface area (Å²) in [6.07, 6.45) is 1.47. The number of aromatic nitrogens is 1. The van der Waals surface area contributed by atoms with Gasteiger partial charge in [-0.25, -0.2) is 4.98 Å². The second-order valence-electron chi connectivity index (χ2n) is 1.66. The molecule has 0 unspecified atom stereocenters. The minimum Gasteiger partial charge on any atom is -0.396 e. The Morgan fingerprint density at radius 2 is 2.40 bits per heavy atom. The number of hydrogen-bond donors (Lipinski definition) is 1. The zero-order valence-electron chi connectivity index (χ0n) is 4.91. The summed E-state index contributed by atoms with van der Waals surface area (Å²) in [5, 5.41) is 2.60. The third kappa shape index (κ3) is 1.30. The third-order valence-electron chi connectivity index (χ3n) is 0.948. The Morgan fingerprint density at radius 1 is 1.70 bits per heavy atom. The molecule has 1 rings (SSSR count). The predicted molar refractivity (Wildman–Crippen MR) is 41.8 cm³/mol. The van der Waals surface area contributed by atoms with Crippen molar-refractivity contribution < 1.29 is 0 Å². The summed E-state index contributed by atoms with van der Waals surface area (Å²) < 4.78 is 0.734. The Morgan fingerprint density at radius 3 is 2.90 bits per heavy atom. The van der Waals surface area contributed by atoms with Crippen LogP contribution in [0.2, 0.25) is 0 Å². The van der Waals surface area contributed by atoms with Crippen molar-refractivity contribution in [2.45, 2.75) is 0 Å². The van der Waals surface area contributed by atoms with Gasteiger partial charge < -0.3 is 5.73 Å². The number of halogens is 1. The molecule has 0 atom stereocenters. The fourth-order valence-electron chi connectivity index (χ4n) is 0.524. The molecular formula is C5H4BrN3O. The van der Waals surface area contributed by atoms with Crippen molar-refractivity contribution >= 4 is 27.4 Å². The molecule has 0 aromatic carbocycles. The van der Waals surface area contributed by atoms with E-state index in [-0.39, 0.29) is 11.5 Å². The first-order valence-electron chi connectivity index (χ1n) is 2.48. The van der Waals surface area contributed by atoms with Crippen LogP contribution in [0.4, 0.5) is 11.5 Å². The number of nitrogens with zero attached hydrogens (tertiary/aromatic N) is 2. The van der Waals surface area contributed by atoms with Gasteiger partial charge >= 0.3 is 0 Å². The lowest BCUT2D eigenvalue weighted by Crippen LogP contribution is -1.86. The van der Waals surface area contributed by atoms with Gasteiger partial charge in [0.05, 0.1) is 5.69 Å². The molecule has 0 amide bonds. The van der Waals surface area contributed by atoms with Gasteiger partial charge in [0.2, 0.25) is 5.82 Å². The summed E-state index contributed by atoms with van der Waals surface area (Å²) in [5.74, 6) is 0.0307. The molecule has 0 saturated heterocycles. The smallest absolute Gasteiger partial charge is 0.219 e. The minimum atomic E-state index is 0.0307. The van der Waals surface area contributed by atoms with Gasteiger partial charge in [0.1, 0.15) is 0 Å². The van der Waals surface area contributed by atoms with Crippen LogP contribution in [0.1, 0.15) is 0 Å². The maximum absolute atomic E-state index is 9.93. The number of pyridine rings is 1. The molecule has 0 radical (unpaired) electrons. The molecule has 4 nitrogen and oxygen atoms in total. The summed E-state index contributed by atoms with van der Waals surface area (Å²) in [5.41, 5.74) is 5.63. The van der Waals surface area contributed by atoms with Gasteiger partial charge in [-0.3, -0.25) is 0 Å². The Balaban J connectivity index is 3.19. The summed E-state index contributed by atoms with van der Waals surface area (Å²) in [6.45, 7) is 0. The molecule has 0 aliphatic rings. The molecule has 1 aromatic rings. The highest BCUT2D eigenvalue weighted by Gasteiger charge is 1.98. The van der Waals surface area contributed by atoms with Gasteiger partial charge in [0.25, 0.3) is 0 Å². The molecule has 0 saturated carbocycles. The molecule has 0 spiro atoms. The molecular weight excluding hydrogens is 198 g/mol. The monoisotopic (exact) mass is 201 g/mol. The average molecular weight is 202 g/mol. The molecule has 1 aromatic heterocycles. The van der Waals surface area contributed by atoms with Gasteiger partial charge in [-0.15, -0.1) is 4.91 Å². The molecule has 5 heteroatoms. The van der Waals surface area contributed by atoms with Crippen LogP contribution in [-0.2, 0) is 0 Å². The number of rotatable bonds is 1. The Bertz CT molecular complexity index is 263. The first-order chi connectivity index (χ1) is 4.74. The van der Waals surface area contributed by atoms with Crippen molar-refractivity contribution in [3.63, 3.8) is 0 Å². The second-order valence-corrected chi connectivity index (χ2v) is 2.57. The van der Waals surface area contributed by atoms with E-state index in [0.29, 0.717) is 0 Å². The molecule has 2 N–H and O–H groups in total. The zero-order chi connectivity index (χ0) is 7.56. The van der Waals surface area contributed by atoms with Gasteiger partial charge in [-0.1, -0.05) is 0 Å². The van der Waals surface area contributed by atoms with Crippen LogP contribution >= 0.6 is 15.9 Å². The van der Waals surface area contributed by atoms with Crippen molar-refractivity contribution in [3.05, 3.63) is 21.6 Å². The summed E-state index contributed by atoms with van der Waals surface area (Å²) in [7, 11) is 0. The second kappa shape index (κ2) is 2.74.